The molecule has 0 radical (unpaired) electrons. The Labute approximate surface area is 118 Å². The van der Waals surface area contributed by atoms with Gasteiger partial charge in [0.15, 0.2) is 0 Å². The molecule has 0 aromatic carbocycles. The molecule has 0 bridgehead atoms. The zero-order chi connectivity index (χ0) is 14.0. The van der Waals surface area contributed by atoms with Gasteiger partial charge in [-0.25, -0.2) is 9.97 Å². The van der Waals surface area contributed by atoms with Gasteiger partial charge in [0.25, 0.3) is 0 Å². The van der Waals surface area contributed by atoms with Gasteiger partial charge < -0.3 is 11.1 Å². The van der Waals surface area contributed by atoms with Gasteiger partial charge in [0, 0.05) is 16.4 Å². The largest absolute Gasteiger partial charge is 0.384 e. The Kier molecular flexibility index (Phi) is 3.75. The average molecular weight is 276 g/mol. The molecule has 1 atom stereocenters. The third-order valence-corrected chi connectivity index (χ3v) is 3.81. The quantitative estimate of drug-likeness (QED) is 0.899. The molecule has 1 unspecified atom stereocenters. The van der Waals surface area contributed by atoms with Crippen LogP contribution in [0, 0.1) is 0 Å². The van der Waals surface area contributed by atoms with Crippen LogP contribution in [0.1, 0.15) is 44.4 Å². The van der Waals surface area contributed by atoms with Gasteiger partial charge in [0.2, 0.25) is 0 Å². The summed E-state index contributed by atoms with van der Waals surface area (Å²) in [6.07, 6.45) is 0. The predicted octanol–water partition coefficient (Wildman–Crippen LogP) is 3.59. The van der Waals surface area contributed by atoms with E-state index in [2.05, 4.69) is 54.4 Å². The van der Waals surface area contributed by atoms with Crippen molar-refractivity contribution in [2.75, 3.05) is 11.1 Å². The molecule has 19 heavy (non-hydrogen) atoms. The van der Waals surface area contributed by atoms with Crippen molar-refractivity contribution in [1.82, 2.24) is 9.97 Å². The van der Waals surface area contributed by atoms with E-state index in [1.165, 1.54) is 4.88 Å². The highest BCUT2D eigenvalue weighted by Crippen LogP contribution is 2.25. The van der Waals surface area contributed by atoms with Crippen LogP contribution in [0.15, 0.2) is 23.6 Å². The van der Waals surface area contributed by atoms with E-state index in [0.29, 0.717) is 5.82 Å². The molecule has 4 nitrogen and oxygen atoms in total. The third-order valence-electron chi connectivity index (χ3n) is 2.75. The SMILES string of the molecule is CC(Nc1cc(N)nc(C(C)(C)C)n1)c1cccs1. The van der Waals surface area contributed by atoms with Crippen molar-refractivity contribution in [3.8, 4) is 0 Å². The van der Waals surface area contributed by atoms with Crippen LogP contribution in [-0.4, -0.2) is 9.97 Å². The Morgan fingerprint density at radius 2 is 2.05 bits per heavy atom. The number of nitrogens with two attached hydrogens (primary N) is 1. The van der Waals surface area contributed by atoms with E-state index in [4.69, 9.17) is 5.73 Å². The molecule has 0 fully saturated rings. The van der Waals surface area contributed by atoms with Gasteiger partial charge in [0.1, 0.15) is 17.5 Å². The zero-order valence-electron chi connectivity index (χ0n) is 11.8. The number of nitrogens with zero attached hydrogens (tertiary/aromatic N) is 2. The normalized spacial score (nSPS) is 13.3. The summed E-state index contributed by atoms with van der Waals surface area (Å²) in [6, 6.07) is 6.14. The first-order valence-electron chi connectivity index (χ1n) is 6.31. The zero-order valence-corrected chi connectivity index (χ0v) is 12.6. The standard InChI is InChI=1S/C14H20N4S/c1-9(10-6-5-7-19-10)16-12-8-11(15)17-13(18-12)14(2,3)4/h5-9H,1-4H3,(H3,15,16,17,18). The maximum Gasteiger partial charge on any atom is 0.138 e. The number of nitrogen functional groups attached to an aromatic ring is 1. The van der Waals surface area contributed by atoms with Gasteiger partial charge in [0.05, 0.1) is 6.04 Å². The topological polar surface area (TPSA) is 63.8 Å². The Morgan fingerprint density at radius 3 is 2.63 bits per heavy atom. The Morgan fingerprint density at radius 1 is 1.32 bits per heavy atom. The molecular weight excluding hydrogens is 256 g/mol. The Hall–Kier alpha value is -1.62. The van der Waals surface area contributed by atoms with Crippen LogP contribution in [0.3, 0.4) is 0 Å². The number of aromatic nitrogens is 2. The predicted molar refractivity (Wildman–Crippen MR) is 81.5 cm³/mol. The number of hydrogen-bond donors (Lipinski definition) is 2. The van der Waals surface area contributed by atoms with Gasteiger partial charge in [-0.05, 0) is 18.4 Å². The van der Waals surface area contributed by atoms with Crippen molar-refractivity contribution >= 4 is 23.0 Å². The van der Waals surface area contributed by atoms with E-state index >= 15 is 0 Å². The number of thiophene rings is 1. The summed E-state index contributed by atoms with van der Waals surface area (Å²) in [4.78, 5) is 10.1. The number of anilines is 2. The van der Waals surface area contributed by atoms with Gasteiger partial charge in [-0.1, -0.05) is 26.8 Å². The minimum Gasteiger partial charge on any atom is -0.384 e. The van der Waals surface area contributed by atoms with Gasteiger partial charge in [-0.15, -0.1) is 11.3 Å². The monoisotopic (exact) mass is 276 g/mol. The first-order chi connectivity index (χ1) is 8.86. The van der Waals surface area contributed by atoms with Crippen LogP contribution in [-0.2, 0) is 5.41 Å². The molecule has 0 aliphatic carbocycles. The second-order valence-corrected chi connectivity index (χ2v) is 6.61. The first kappa shape index (κ1) is 13.8. The summed E-state index contributed by atoms with van der Waals surface area (Å²) < 4.78 is 0. The lowest BCUT2D eigenvalue weighted by atomic mass is 9.96. The van der Waals surface area contributed by atoms with Crippen LogP contribution < -0.4 is 11.1 Å². The fourth-order valence-corrected chi connectivity index (χ4v) is 2.44. The van der Waals surface area contributed by atoms with Crippen LogP contribution in [0.2, 0.25) is 0 Å². The second kappa shape index (κ2) is 5.17. The van der Waals surface area contributed by atoms with Gasteiger partial charge in [-0.2, -0.15) is 0 Å². The Balaban J connectivity index is 2.23. The highest BCUT2D eigenvalue weighted by atomic mass is 32.1. The van der Waals surface area contributed by atoms with Crippen LogP contribution >= 0.6 is 11.3 Å². The fraction of sp³-hybridized carbons (Fsp3) is 0.429. The van der Waals surface area contributed by atoms with E-state index in [9.17, 15) is 0 Å². The summed E-state index contributed by atoms with van der Waals surface area (Å²) in [5.74, 6) is 2.03. The van der Waals surface area contributed by atoms with Crippen molar-refractivity contribution in [3.05, 3.63) is 34.3 Å². The van der Waals surface area contributed by atoms with Gasteiger partial charge in [-0.3, -0.25) is 0 Å². The molecule has 2 aromatic heterocycles. The highest BCUT2D eigenvalue weighted by molar-refractivity contribution is 7.10. The maximum absolute atomic E-state index is 5.86. The van der Waals surface area contributed by atoms with Gasteiger partial charge >= 0.3 is 0 Å². The van der Waals surface area contributed by atoms with E-state index < -0.39 is 0 Å². The summed E-state index contributed by atoms with van der Waals surface area (Å²) in [6.45, 7) is 8.34. The first-order valence-corrected chi connectivity index (χ1v) is 7.19. The van der Waals surface area contributed by atoms with Crippen molar-refractivity contribution in [2.45, 2.75) is 39.2 Å². The van der Waals surface area contributed by atoms with Crippen LogP contribution in [0.4, 0.5) is 11.6 Å². The van der Waals surface area contributed by atoms with Crippen LogP contribution in [0.25, 0.3) is 0 Å². The van der Waals surface area contributed by atoms with E-state index in [1.54, 1.807) is 17.4 Å². The van der Waals surface area contributed by atoms with Crippen molar-refractivity contribution in [3.63, 3.8) is 0 Å². The lowest BCUT2D eigenvalue weighted by Gasteiger charge is -2.19. The van der Waals surface area contributed by atoms with Crippen molar-refractivity contribution < 1.29 is 0 Å². The average Bonchev–Trinajstić information content (AvgIpc) is 2.80. The van der Waals surface area contributed by atoms with E-state index in [0.717, 1.165) is 11.6 Å². The minimum atomic E-state index is -0.113. The second-order valence-electron chi connectivity index (χ2n) is 5.63. The molecule has 0 aliphatic heterocycles. The summed E-state index contributed by atoms with van der Waals surface area (Å²) >= 11 is 1.73. The molecule has 0 spiro atoms. The molecule has 0 aliphatic rings. The molecule has 5 heteroatoms. The van der Waals surface area contributed by atoms with Crippen molar-refractivity contribution in [2.24, 2.45) is 0 Å². The van der Waals surface area contributed by atoms with Crippen molar-refractivity contribution in [1.29, 1.82) is 0 Å². The molecule has 102 valence electrons. The Bertz CT molecular complexity index is 543. The number of hydrogen-bond acceptors (Lipinski definition) is 5. The van der Waals surface area contributed by atoms with E-state index in [-0.39, 0.29) is 11.5 Å². The molecule has 2 rings (SSSR count). The molecule has 2 aromatic rings. The smallest absolute Gasteiger partial charge is 0.138 e. The molecule has 0 amide bonds. The van der Waals surface area contributed by atoms with Crippen LogP contribution in [0.5, 0.6) is 0 Å². The maximum atomic E-state index is 5.86. The summed E-state index contributed by atoms with van der Waals surface area (Å²) in [7, 11) is 0. The molecular formula is C14H20N4S. The summed E-state index contributed by atoms with van der Waals surface area (Å²) in [5, 5.41) is 5.45. The lowest BCUT2D eigenvalue weighted by Crippen LogP contribution is -2.18. The fourth-order valence-electron chi connectivity index (χ4n) is 1.71. The summed E-state index contributed by atoms with van der Waals surface area (Å²) in [5.41, 5.74) is 5.75. The number of rotatable bonds is 3. The minimum absolute atomic E-state index is 0.113. The highest BCUT2D eigenvalue weighted by Gasteiger charge is 2.19. The lowest BCUT2D eigenvalue weighted by molar-refractivity contribution is 0.546. The number of nitrogens with one attached hydrogen (secondary N) is 1. The molecule has 0 saturated heterocycles. The molecule has 0 saturated carbocycles. The molecule has 2 heterocycles. The third kappa shape index (κ3) is 3.44. The molecule has 3 N–H and O–H groups in total. The van der Waals surface area contributed by atoms with E-state index in [1.807, 2.05) is 6.07 Å².